The van der Waals surface area contributed by atoms with E-state index in [1.807, 2.05) is 0 Å². The Morgan fingerprint density at radius 3 is 2.48 bits per heavy atom. The number of carbonyl (C=O) groups excluding carboxylic acids is 1. The van der Waals surface area contributed by atoms with E-state index < -0.39 is 39.0 Å². The van der Waals surface area contributed by atoms with Crippen LogP contribution in [0.2, 0.25) is 5.02 Å². The number of benzene rings is 2. The zero-order valence-corrected chi connectivity index (χ0v) is 16.2. The van der Waals surface area contributed by atoms with Crippen LogP contribution in [0.5, 0.6) is 11.5 Å². The number of halogens is 5. The maximum absolute atomic E-state index is 13.4. The van der Waals surface area contributed by atoms with Gasteiger partial charge in [0.1, 0.15) is 23.9 Å². The van der Waals surface area contributed by atoms with Gasteiger partial charge in [-0.2, -0.15) is 8.78 Å². The van der Waals surface area contributed by atoms with Crippen molar-refractivity contribution >= 4 is 43.5 Å². The molecule has 0 aliphatic rings. The number of hydrogen-bond donors (Lipinski definition) is 1. The number of primary amides is 1. The number of alkyl halides is 2. The standard InChI is InChI=1S/C15H10BrClF3NO5S/c16-13-10(6-25-15(21)22)12(27(23,24)14(19)20)2-1-11(13)26-9-4-7(17)3-8(18)5-9/h1-5,14H,6H2,(H2,21,22). The first-order chi connectivity index (χ1) is 12.5. The highest BCUT2D eigenvalue weighted by Gasteiger charge is 2.31. The van der Waals surface area contributed by atoms with Gasteiger partial charge in [-0.1, -0.05) is 11.6 Å². The summed E-state index contributed by atoms with van der Waals surface area (Å²) in [5, 5.41) is 0.0373. The van der Waals surface area contributed by atoms with Gasteiger partial charge in [0.15, 0.2) is 0 Å². The Morgan fingerprint density at radius 2 is 1.93 bits per heavy atom. The van der Waals surface area contributed by atoms with Crippen LogP contribution in [0.4, 0.5) is 18.0 Å². The molecule has 1 amide bonds. The Kier molecular flexibility index (Phi) is 6.60. The molecule has 0 atom stereocenters. The lowest BCUT2D eigenvalue weighted by Crippen LogP contribution is -2.17. The summed E-state index contributed by atoms with van der Waals surface area (Å²) in [4.78, 5) is 10.0. The van der Waals surface area contributed by atoms with Crippen molar-refractivity contribution in [2.24, 2.45) is 5.73 Å². The second kappa shape index (κ2) is 8.36. The van der Waals surface area contributed by atoms with Crippen molar-refractivity contribution in [1.82, 2.24) is 0 Å². The molecule has 2 aromatic rings. The third kappa shape index (κ3) is 5.05. The number of nitrogens with two attached hydrogens (primary N) is 1. The van der Waals surface area contributed by atoms with Crippen molar-refractivity contribution in [1.29, 1.82) is 0 Å². The van der Waals surface area contributed by atoms with Crippen LogP contribution in [-0.4, -0.2) is 20.3 Å². The molecule has 0 saturated carbocycles. The molecule has 6 nitrogen and oxygen atoms in total. The molecule has 0 saturated heterocycles. The van der Waals surface area contributed by atoms with Gasteiger partial charge < -0.3 is 15.2 Å². The van der Waals surface area contributed by atoms with E-state index in [2.05, 4.69) is 20.7 Å². The minimum absolute atomic E-state index is 0.0352. The van der Waals surface area contributed by atoms with Crippen molar-refractivity contribution in [2.75, 3.05) is 0 Å². The van der Waals surface area contributed by atoms with Crippen LogP contribution in [0.25, 0.3) is 0 Å². The normalized spacial score (nSPS) is 11.5. The second-order valence-corrected chi connectivity index (χ2v) is 8.09. The fourth-order valence-corrected chi connectivity index (χ4v) is 3.85. The maximum atomic E-state index is 13.4. The summed E-state index contributed by atoms with van der Waals surface area (Å²) in [5.41, 5.74) is 4.52. The molecule has 146 valence electrons. The fraction of sp³-hybridized carbons (Fsp3) is 0.133. The lowest BCUT2D eigenvalue weighted by atomic mass is 10.2. The first-order valence-electron chi connectivity index (χ1n) is 6.92. The quantitative estimate of drug-likeness (QED) is 0.640. The minimum Gasteiger partial charge on any atom is -0.456 e. The van der Waals surface area contributed by atoms with Crippen LogP contribution in [0.1, 0.15) is 5.56 Å². The van der Waals surface area contributed by atoms with Gasteiger partial charge in [-0.25, -0.2) is 17.6 Å². The van der Waals surface area contributed by atoms with E-state index in [0.29, 0.717) is 0 Å². The Morgan fingerprint density at radius 1 is 1.26 bits per heavy atom. The third-order valence-corrected chi connectivity index (χ3v) is 5.68. The van der Waals surface area contributed by atoms with Crippen LogP contribution >= 0.6 is 27.5 Å². The number of ether oxygens (including phenoxy) is 2. The zero-order chi connectivity index (χ0) is 20.4. The molecule has 12 heteroatoms. The zero-order valence-electron chi connectivity index (χ0n) is 13.1. The molecule has 2 rings (SSSR count). The molecule has 0 bridgehead atoms. The van der Waals surface area contributed by atoms with Crippen LogP contribution in [0.15, 0.2) is 39.7 Å². The van der Waals surface area contributed by atoms with Gasteiger partial charge in [0, 0.05) is 16.7 Å². The minimum atomic E-state index is -5.01. The molecule has 0 aromatic heterocycles. The third-order valence-electron chi connectivity index (χ3n) is 3.13. The van der Waals surface area contributed by atoms with Gasteiger partial charge in [-0.15, -0.1) is 0 Å². The average molecular weight is 489 g/mol. The molecule has 0 heterocycles. The Labute approximate surface area is 165 Å². The van der Waals surface area contributed by atoms with Crippen LogP contribution in [0.3, 0.4) is 0 Å². The maximum Gasteiger partial charge on any atom is 0.404 e. The average Bonchev–Trinajstić information content (AvgIpc) is 2.54. The van der Waals surface area contributed by atoms with E-state index in [9.17, 15) is 26.4 Å². The van der Waals surface area contributed by atoms with Crippen molar-refractivity contribution in [3.8, 4) is 11.5 Å². The number of amides is 1. The predicted molar refractivity (Wildman–Crippen MR) is 93.2 cm³/mol. The molecular weight excluding hydrogens is 479 g/mol. The first kappa shape index (κ1) is 21.3. The van der Waals surface area contributed by atoms with Crippen LogP contribution in [0, 0.1) is 5.82 Å². The summed E-state index contributed by atoms with van der Waals surface area (Å²) in [6.45, 7) is -0.724. The molecule has 0 aliphatic heterocycles. The number of carbonyl (C=O) groups is 1. The van der Waals surface area contributed by atoms with Crippen molar-refractivity contribution < 1.29 is 35.9 Å². The summed E-state index contributed by atoms with van der Waals surface area (Å²) >= 11 is 8.75. The van der Waals surface area contributed by atoms with E-state index in [4.69, 9.17) is 22.1 Å². The molecule has 2 aromatic carbocycles. The lowest BCUT2D eigenvalue weighted by molar-refractivity contribution is 0.149. The largest absolute Gasteiger partial charge is 0.456 e. The molecule has 0 spiro atoms. The highest BCUT2D eigenvalue weighted by atomic mass is 79.9. The topological polar surface area (TPSA) is 95.7 Å². The van der Waals surface area contributed by atoms with Crippen molar-refractivity contribution in [3.63, 3.8) is 0 Å². The van der Waals surface area contributed by atoms with Gasteiger partial charge in [-0.3, -0.25) is 0 Å². The van der Waals surface area contributed by atoms with E-state index >= 15 is 0 Å². The molecule has 0 radical (unpaired) electrons. The smallest absolute Gasteiger partial charge is 0.404 e. The number of sulfone groups is 1. The van der Waals surface area contributed by atoms with E-state index in [-0.39, 0.29) is 26.6 Å². The Balaban J connectivity index is 2.54. The van der Waals surface area contributed by atoms with Crippen molar-refractivity contribution in [2.45, 2.75) is 17.3 Å². The predicted octanol–water partition coefficient (Wildman–Crippen LogP) is 4.63. The molecule has 0 aliphatic carbocycles. The summed E-state index contributed by atoms with van der Waals surface area (Å²) in [5.74, 6) is -4.49. The van der Waals surface area contributed by atoms with E-state index in [0.717, 1.165) is 24.3 Å². The Hall–Kier alpha value is -1.98. The first-order valence-corrected chi connectivity index (χ1v) is 9.63. The van der Waals surface area contributed by atoms with Gasteiger partial charge in [0.2, 0.25) is 9.84 Å². The molecule has 0 fully saturated rings. The van der Waals surface area contributed by atoms with Crippen molar-refractivity contribution in [3.05, 3.63) is 51.2 Å². The van der Waals surface area contributed by atoms with Gasteiger partial charge >= 0.3 is 11.9 Å². The molecule has 0 unspecified atom stereocenters. The number of rotatable bonds is 6. The highest BCUT2D eigenvalue weighted by molar-refractivity contribution is 9.10. The van der Waals surface area contributed by atoms with Gasteiger partial charge in [-0.05, 0) is 40.2 Å². The van der Waals surface area contributed by atoms with E-state index in [1.54, 1.807) is 0 Å². The van der Waals surface area contributed by atoms with Gasteiger partial charge in [0.25, 0.3) is 0 Å². The van der Waals surface area contributed by atoms with Crippen LogP contribution < -0.4 is 10.5 Å². The molecule has 27 heavy (non-hydrogen) atoms. The Bertz CT molecular complexity index is 967. The summed E-state index contributed by atoms with van der Waals surface area (Å²) in [6.07, 6.45) is -1.24. The summed E-state index contributed by atoms with van der Waals surface area (Å²) < 4.78 is 72.8. The number of hydrogen-bond acceptors (Lipinski definition) is 5. The highest BCUT2D eigenvalue weighted by Crippen LogP contribution is 2.38. The SMILES string of the molecule is NC(=O)OCc1c(S(=O)(=O)C(F)F)ccc(Oc2cc(F)cc(Cl)c2)c1Br. The van der Waals surface area contributed by atoms with Gasteiger partial charge in [0.05, 0.1) is 9.37 Å². The lowest BCUT2D eigenvalue weighted by Gasteiger charge is -2.16. The van der Waals surface area contributed by atoms with Crippen LogP contribution in [-0.2, 0) is 21.2 Å². The summed E-state index contributed by atoms with van der Waals surface area (Å²) in [7, 11) is -5.01. The fourth-order valence-electron chi connectivity index (χ4n) is 2.02. The molecule has 2 N–H and O–H groups in total. The summed E-state index contributed by atoms with van der Waals surface area (Å²) in [6, 6.07) is 5.24. The monoisotopic (exact) mass is 487 g/mol. The molecular formula is C15H10BrClF3NO5S. The van der Waals surface area contributed by atoms with E-state index in [1.165, 1.54) is 6.07 Å². The second-order valence-electron chi connectivity index (χ2n) is 4.97.